The molecule has 11 heavy (non-hydrogen) atoms. The van der Waals surface area contributed by atoms with Crippen LogP contribution in [0.25, 0.3) is 0 Å². The van der Waals surface area contributed by atoms with E-state index in [4.69, 9.17) is 0 Å². The maximum Gasteiger partial charge on any atom is 0.107 e. The molecule has 62 valence electrons. The minimum Gasteiger partial charge on any atom is -0.337 e. The highest BCUT2D eigenvalue weighted by atomic mass is 15.2. The molecule has 1 aliphatic heterocycles. The van der Waals surface area contributed by atoms with E-state index in [0.29, 0.717) is 6.04 Å². The molecule has 0 aromatic rings. The molecule has 1 aliphatic rings. The predicted octanol–water partition coefficient (Wildman–Crippen LogP) is 2.03. The minimum atomic E-state index is 0.416. The molecule has 0 bridgehead atoms. The third-order valence-corrected chi connectivity index (χ3v) is 1.67. The first kappa shape index (κ1) is 8.31. The van der Waals surface area contributed by atoms with Gasteiger partial charge in [0.05, 0.1) is 0 Å². The third-order valence-electron chi connectivity index (χ3n) is 1.67. The van der Waals surface area contributed by atoms with Crippen LogP contribution in [0.5, 0.6) is 0 Å². The molecule has 2 nitrogen and oxygen atoms in total. The topological polar surface area (TPSA) is 15.6 Å². The molecule has 0 amide bonds. The van der Waals surface area contributed by atoms with Gasteiger partial charge in [-0.05, 0) is 20.8 Å². The Bertz CT molecular complexity index is 180. The molecule has 0 unspecified atom stereocenters. The van der Waals surface area contributed by atoms with Gasteiger partial charge in [-0.3, -0.25) is 4.99 Å². The maximum atomic E-state index is 4.51. The van der Waals surface area contributed by atoms with Gasteiger partial charge in [-0.1, -0.05) is 6.08 Å². The fraction of sp³-hybridized carbons (Fsp3) is 0.667. The van der Waals surface area contributed by atoms with Crippen molar-refractivity contribution in [3.8, 4) is 0 Å². The van der Waals surface area contributed by atoms with Gasteiger partial charge in [0.25, 0.3) is 0 Å². The van der Waals surface area contributed by atoms with Gasteiger partial charge in [0.1, 0.15) is 5.84 Å². The number of aliphatic imine (C=N–C) groups is 1. The van der Waals surface area contributed by atoms with Crippen LogP contribution in [-0.4, -0.2) is 23.3 Å². The summed E-state index contributed by atoms with van der Waals surface area (Å²) in [6, 6.07) is 0.416. The molecule has 0 aromatic heterocycles. The van der Waals surface area contributed by atoms with Gasteiger partial charge in [-0.25, -0.2) is 0 Å². The highest BCUT2D eigenvalue weighted by Gasteiger charge is 2.10. The van der Waals surface area contributed by atoms with E-state index in [1.165, 1.54) is 5.84 Å². The van der Waals surface area contributed by atoms with E-state index in [9.17, 15) is 0 Å². The zero-order valence-electron chi connectivity index (χ0n) is 7.54. The predicted molar refractivity (Wildman–Crippen MR) is 48.7 cm³/mol. The summed E-state index contributed by atoms with van der Waals surface area (Å²) < 4.78 is 0. The summed E-state index contributed by atoms with van der Waals surface area (Å²) in [5, 5.41) is 0. The first-order valence-electron chi connectivity index (χ1n) is 4.24. The highest BCUT2D eigenvalue weighted by molar-refractivity contribution is 5.86. The second kappa shape index (κ2) is 3.56. The molecule has 2 heteroatoms. The first-order valence-corrected chi connectivity index (χ1v) is 4.24. The summed E-state index contributed by atoms with van der Waals surface area (Å²) in [6.45, 7) is 7.39. The summed E-state index contributed by atoms with van der Waals surface area (Å²) in [4.78, 5) is 6.70. The van der Waals surface area contributed by atoms with Crippen molar-refractivity contribution < 1.29 is 0 Å². The summed E-state index contributed by atoms with van der Waals surface area (Å²) >= 11 is 0. The zero-order chi connectivity index (χ0) is 8.27. The van der Waals surface area contributed by atoms with Crippen molar-refractivity contribution >= 4 is 5.84 Å². The Morgan fingerprint density at radius 2 is 2.36 bits per heavy atom. The average Bonchev–Trinajstić information content (AvgIpc) is 2.34. The van der Waals surface area contributed by atoms with Crippen molar-refractivity contribution in [1.82, 2.24) is 4.90 Å². The maximum absolute atomic E-state index is 4.51. The van der Waals surface area contributed by atoms with Crippen molar-refractivity contribution in [1.29, 1.82) is 0 Å². The Morgan fingerprint density at radius 3 is 2.91 bits per heavy atom. The average molecular weight is 152 g/mol. The van der Waals surface area contributed by atoms with Crippen LogP contribution in [0.1, 0.15) is 27.2 Å². The second-order valence-electron chi connectivity index (χ2n) is 3.01. The summed E-state index contributed by atoms with van der Waals surface area (Å²) in [5.74, 6) is 1.21. The summed E-state index contributed by atoms with van der Waals surface area (Å²) in [7, 11) is 0. The van der Waals surface area contributed by atoms with Gasteiger partial charge in [0.2, 0.25) is 0 Å². The molecule has 1 heterocycles. The van der Waals surface area contributed by atoms with Gasteiger partial charge in [0.15, 0.2) is 0 Å². The zero-order valence-corrected chi connectivity index (χ0v) is 7.54. The second-order valence-corrected chi connectivity index (χ2v) is 3.01. The Morgan fingerprint density at radius 1 is 1.64 bits per heavy atom. The molecule has 0 aliphatic carbocycles. The molecule has 0 saturated carbocycles. The van der Waals surface area contributed by atoms with Crippen LogP contribution in [0.2, 0.25) is 0 Å². The Kier molecular flexibility index (Phi) is 2.69. The number of rotatable bonds is 2. The van der Waals surface area contributed by atoms with Crippen molar-refractivity contribution in [3.05, 3.63) is 12.3 Å². The Hall–Kier alpha value is -0.790. The molecular formula is C9H16N2. The lowest BCUT2D eigenvalue weighted by molar-refractivity contribution is 0.589. The lowest BCUT2D eigenvalue weighted by atomic mass is 10.4. The number of nitrogens with zero attached hydrogens (tertiary/aromatic N) is 2. The molecule has 0 spiro atoms. The number of amidine groups is 1. The third kappa shape index (κ3) is 2.07. The normalized spacial score (nSPS) is 20.7. The van der Waals surface area contributed by atoms with E-state index >= 15 is 0 Å². The van der Waals surface area contributed by atoms with E-state index < -0.39 is 0 Å². The van der Waals surface area contributed by atoms with Crippen LogP contribution in [-0.2, 0) is 0 Å². The summed E-state index contributed by atoms with van der Waals surface area (Å²) in [6.07, 6.45) is 5.28. The van der Waals surface area contributed by atoms with Crippen LogP contribution in [0.4, 0.5) is 0 Å². The minimum absolute atomic E-state index is 0.416. The van der Waals surface area contributed by atoms with Gasteiger partial charge >= 0.3 is 0 Å². The van der Waals surface area contributed by atoms with Gasteiger partial charge in [0, 0.05) is 25.2 Å². The molecule has 1 rings (SSSR count). The largest absolute Gasteiger partial charge is 0.337 e. The van der Waals surface area contributed by atoms with Crippen molar-refractivity contribution in [2.45, 2.75) is 33.2 Å². The smallest absolute Gasteiger partial charge is 0.107 e. The highest BCUT2D eigenvalue weighted by Crippen LogP contribution is 2.08. The SMILES string of the molecule is CCN1C=CC/C1=N/C(C)C. The quantitative estimate of drug-likeness (QED) is 0.591. The number of hydrogen-bond donors (Lipinski definition) is 0. The van der Waals surface area contributed by atoms with Crippen LogP contribution in [0, 0.1) is 0 Å². The van der Waals surface area contributed by atoms with Crippen LogP contribution in [0.15, 0.2) is 17.3 Å². The first-order chi connectivity index (χ1) is 5.24. The van der Waals surface area contributed by atoms with Crippen LogP contribution < -0.4 is 0 Å². The Balaban J connectivity index is 2.60. The molecule has 0 aromatic carbocycles. The van der Waals surface area contributed by atoms with Gasteiger partial charge in [-0.2, -0.15) is 0 Å². The van der Waals surface area contributed by atoms with E-state index in [0.717, 1.165) is 13.0 Å². The molecule has 0 radical (unpaired) electrons. The van der Waals surface area contributed by atoms with Crippen LogP contribution in [0.3, 0.4) is 0 Å². The van der Waals surface area contributed by atoms with E-state index in [1.807, 2.05) is 0 Å². The van der Waals surface area contributed by atoms with Gasteiger partial charge < -0.3 is 4.90 Å². The van der Waals surface area contributed by atoms with Gasteiger partial charge in [-0.15, -0.1) is 0 Å². The molecule has 0 fully saturated rings. The molecule has 0 atom stereocenters. The summed E-state index contributed by atoms with van der Waals surface area (Å²) in [5.41, 5.74) is 0. The molecule has 0 saturated heterocycles. The lowest BCUT2D eigenvalue weighted by Gasteiger charge is -2.15. The van der Waals surface area contributed by atoms with Crippen molar-refractivity contribution in [2.24, 2.45) is 4.99 Å². The van der Waals surface area contributed by atoms with E-state index in [-0.39, 0.29) is 0 Å². The van der Waals surface area contributed by atoms with Crippen molar-refractivity contribution in [3.63, 3.8) is 0 Å². The van der Waals surface area contributed by atoms with E-state index in [1.54, 1.807) is 0 Å². The lowest BCUT2D eigenvalue weighted by Crippen LogP contribution is -2.21. The molecular weight excluding hydrogens is 136 g/mol. The fourth-order valence-corrected chi connectivity index (χ4v) is 1.20. The van der Waals surface area contributed by atoms with Crippen LogP contribution >= 0.6 is 0 Å². The van der Waals surface area contributed by atoms with E-state index in [2.05, 4.69) is 42.9 Å². The fourth-order valence-electron chi connectivity index (χ4n) is 1.20. The van der Waals surface area contributed by atoms with Crippen molar-refractivity contribution in [2.75, 3.05) is 6.54 Å². The monoisotopic (exact) mass is 152 g/mol. The number of hydrogen-bond acceptors (Lipinski definition) is 1. The standard InChI is InChI=1S/C9H16N2/c1-4-11-7-5-6-9(11)10-8(2)3/h5,7-8H,4,6H2,1-3H3/b10-9-. The molecule has 0 N–H and O–H groups in total. The Labute approximate surface area is 68.6 Å².